The lowest BCUT2D eigenvalue weighted by Crippen LogP contribution is -2.29. The molecule has 1 aliphatic carbocycles. The SMILES string of the molecule is c1ccc(C2(c3ccccc3)c3ccccc3-c3cccc(-c4ccc(N(c5cccc(-c6cccc7c6oc6c8ccccc8ccc76)c5)c5cccc6c5sc5ccccc56)cc4)c32)cc1. The van der Waals surface area contributed by atoms with Gasteiger partial charge in [0.1, 0.15) is 11.2 Å². The van der Waals surface area contributed by atoms with Gasteiger partial charge in [-0.25, -0.2) is 0 Å². The fourth-order valence-electron chi connectivity index (χ4n) is 11.4. The van der Waals surface area contributed by atoms with Crippen molar-refractivity contribution in [3.8, 4) is 33.4 Å². The fourth-order valence-corrected chi connectivity index (χ4v) is 12.6. The third kappa shape index (κ3) is 5.70. The minimum atomic E-state index is -0.511. The van der Waals surface area contributed by atoms with Gasteiger partial charge in [-0.3, -0.25) is 0 Å². The van der Waals surface area contributed by atoms with Crippen LogP contribution in [0.15, 0.2) is 253 Å². The van der Waals surface area contributed by atoms with Gasteiger partial charge in [-0.1, -0.05) is 206 Å². The average molecular weight is 884 g/mol. The first-order valence-corrected chi connectivity index (χ1v) is 24.1. The highest BCUT2D eigenvalue weighted by molar-refractivity contribution is 7.26. The highest BCUT2D eigenvalue weighted by Gasteiger charge is 2.47. The second-order valence-corrected chi connectivity index (χ2v) is 18.9. The third-order valence-electron chi connectivity index (χ3n) is 14.3. The molecule has 0 aliphatic heterocycles. The normalized spacial score (nSPS) is 12.8. The Labute approximate surface area is 398 Å². The lowest BCUT2D eigenvalue weighted by Gasteiger charge is -2.35. The van der Waals surface area contributed by atoms with E-state index in [1.807, 2.05) is 11.3 Å². The summed E-state index contributed by atoms with van der Waals surface area (Å²) in [4.78, 5) is 2.45. The Bertz CT molecular complexity index is 4050. The van der Waals surface area contributed by atoms with Gasteiger partial charge in [0.2, 0.25) is 0 Å². The predicted molar refractivity (Wildman–Crippen MR) is 287 cm³/mol. The molecule has 0 unspecified atom stereocenters. The Balaban J connectivity index is 0.959. The van der Waals surface area contributed by atoms with Gasteiger partial charge in [0.05, 0.1) is 15.8 Å². The van der Waals surface area contributed by atoms with Gasteiger partial charge in [-0.05, 0) is 97.9 Å². The number of hydrogen-bond donors (Lipinski definition) is 0. The van der Waals surface area contributed by atoms with Crippen molar-refractivity contribution in [2.75, 3.05) is 4.90 Å². The summed E-state index contributed by atoms with van der Waals surface area (Å²) >= 11 is 1.86. The molecule has 2 nitrogen and oxygen atoms in total. The van der Waals surface area contributed by atoms with E-state index < -0.39 is 5.41 Å². The number of hydrogen-bond acceptors (Lipinski definition) is 3. The zero-order valence-electron chi connectivity index (χ0n) is 36.9. The van der Waals surface area contributed by atoms with Crippen LogP contribution in [0, 0.1) is 0 Å². The number of thiophene rings is 1. The van der Waals surface area contributed by atoms with E-state index in [9.17, 15) is 0 Å². The van der Waals surface area contributed by atoms with Gasteiger partial charge in [0.25, 0.3) is 0 Å². The van der Waals surface area contributed by atoms with Crippen LogP contribution in [0.1, 0.15) is 22.3 Å². The van der Waals surface area contributed by atoms with Gasteiger partial charge in [-0.15, -0.1) is 11.3 Å². The van der Waals surface area contributed by atoms with Crippen LogP contribution in [0.5, 0.6) is 0 Å². The summed E-state index contributed by atoms with van der Waals surface area (Å²) in [5, 5.41) is 7.10. The molecule has 0 bridgehead atoms. The molecule has 0 saturated carbocycles. The number of rotatable bonds is 7. The minimum Gasteiger partial charge on any atom is -0.455 e. The number of anilines is 3. The van der Waals surface area contributed by atoms with Crippen molar-refractivity contribution in [2.45, 2.75) is 5.41 Å². The zero-order chi connectivity index (χ0) is 44.8. The number of fused-ring (bicyclic) bond motifs is 11. The number of para-hydroxylation sites is 1. The number of benzene rings is 11. The van der Waals surface area contributed by atoms with E-state index in [1.165, 1.54) is 70.1 Å². The quantitative estimate of drug-likeness (QED) is 0.159. The topological polar surface area (TPSA) is 16.4 Å². The fraction of sp³-hybridized carbons (Fsp3) is 0.0154. The summed E-state index contributed by atoms with van der Waals surface area (Å²) in [6.07, 6.45) is 0. The number of furan rings is 1. The zero-order valence-corrected chi connectivity index (χ0v) is 37.8. The maximum atomic E-state index is 6.88. The average Bonchev–Trinajstić information content (AvgIpc) is 4.09. The molecular formula is C65H41NOS. The van der Waals surface area contributed by atoms with Gasteiger partial charge in [0, 0.05) is 48.6 Å². The number of nitrogens with zero attached hydrogens (tertiary/aromatic N) is 1. The third-order valence-corrected chi connectivity index (χ3v) is 15.5. The summed E-state index contributed by atoms with van der Waals surface area (Å²) in [5.74, 6) is 0. The largest absolute Gasteiger partial charge is 0.455 e. The van der Waals surface area contributed by atoms with Gasteiger partial charge in [-0.2, -0.15) is 0 Å². The first-order valence-electron chi connectivity index (χ1n) is 23.3. The summed E-state index contributed by atoms with van der Waals surface area (Å²) in [7, 11) is 0. The molecule has 13 aromatic rings. The second-order valence-electron chi connectivity index (χ2n) is 17.9. The summed E-state index contributed by atoms with van der Waals surface area (Å²) in [5.41, 5.74) is 16.9. The Kier molecular flexibility index (Phi) is 8.71. The lowest BCUT2D eigenvalue weighted by molar-refractivity contribution is 0.674. The molecule has 14 rings (SSSR count). The van der Waals surface area contributed by atoms with Crippen LogP contribution < -0.4 is 4.90 Å². The first kappa shape index (κ1) is 38.7. The monoisotopic (exact) mass is 883 g/mol. The molecule has 0 spiro atoms. The van der Waals surface area contributed by atoms with Crippen molar-refractivity contribution in [3.63, 3.8) is 0 Å². The molecule has 11 aromatic carbocycles. The van der Waals surface area contributed by atoms with Crippen molar-refractivity contribution in [3.05, 3.63) is 271 Å². The van der Waals surface area contributed by atoms with E-state index in [1.54, 1.807) is 0 Å². The van der Waals surface area contributed by atoms with Crippen molar-refractivity contribution in [2.24, 2.45) is 0 Å². The molecular weight excluding hydrogens is 843 g/mol. The Morgan fingerprint density at radius 2 is 0.985 bits per heavy atom. The van der Waals surface area contributed by atoms with Crippen molar-refractivity contribution < 1.29 is 4.42 Å². The van der Waals surface area contributed by atoms with Crippen LogP contribution in [0.4, 0.5) is 17.1 Å². The standard InChI is InChI=1S/C65H41NOS/c1-3-19-45(20-4-1)65(46-21-5-2-6-22-46)58-32-11-9-25-52(58)54-29-14-27-49(61(54)65)43-35-38-47(39-36-43)66(59-33-16-31-57-53-26-10-12-34-60(53)68-64(57)59)48-23-13-18-44(41-48)51-28-15-30-55-56-40-37-42-17-7-8-24-50(42)62(56)67-63(51)55/h1-41H. The van der Waals surface area contributed by atoms with Gasteiger partial charge >= 0.3 is 0 Å². The Morgan fingerprint density at radius 3 is 1.82 bits per heavy atom. The van der Waals surface area contributed by atoms with E-state index in [0.29, 0.717) is 0 Å². The van der Waals surface area contributed by atoms with Crippen LogP contribution in [-0.4, -0.2) is 0 Å². The first-order chi connectivity index (χ1) is 33.7. The van der Waals surface area contributed by atoms with Crippen LogP contribution in [0.3, 0.4) is 0 Å². The van der Waals surface area contributed by atoms with Crippen LogP contribution >= 0.6 is 11.3 Å². The molecule has 68 heavy (non-hydrogen) atoms. The summed E-state index contributed by atoms with van der Waals surface area (Å²) < 4.78 is 9.41. The molecule has 0 radical (unpaired) electrons. The van der Waals surface area contributed by atoms with Crippen molar-refractivity contribution in [1.29, 1.82) is 0 Å². The van der Waals surface area contributed by atoms with Crippen LogP contribution in [-0.2, 0) is 5.41 Å². The molecule has 0 atom stereocenters. The molecule has 2 aromatic heterocycles. The smallest absolute Gasteiger partial charge is 0.143 e. The highest BCUT2D eigenvalue weighted by Crippen LogP contribution is 2.59. The maximum absolute atomic E-state index is 6.88. The van der Waals surface area contributed by atoms with E-state index in [0.717, 1.165) is 55.5 Å². The summed E-state index contributed by atoms with van der Waals surface area (Å²) in [6.45, 7) is 0. The van der Waals surface area contributed by atoms with E-state index in [2.05, 4.69) is 254 Å². The molecule has 0 amide bonds. The molecule has 318 valence electrons. The van der Waals surface area contributed by atoms with Crippen LogP contribution in [0.2, 0.25) is 0 Å². The molecule has 0 N–H and O–H groups in total. The van der Waals surface area contributed by atoms with E-state index in [-0.39, 0.29) is 0 Å². The lowest BCUT2D eigenvalue weighted by atomic mass is 9.66. The molecule has 0 fully saturated rings. The maximum Gasteiger partial charge on any atom is 0.143 e. The Morgan fingerprint density at radius 1 is 0.368 bits per heavy atom. The van der Waals surface area contributed by atoms with E-state index >= 15 is 0 Å². The molecule has 2 heterocycles. The molecule has 3 heteroatoms. The highest BCUT2D eigenvalue weighted by atomic mass is 32.1. The molecule has 1 aliphatic rings. The van der Waals surface area contributed by atoms with Crippen molar-refractivity contribution in [1.82, 2.24) is 0 Å². The second kappa shape index (κ2) is 15.3. The van der Waals surface area contributed by atoms with Gasteiger partial charge in [0.15, 0.2) is 0 Å². The summed E-state index contributed by atoms with van der Waals surface area (Å²) in [6, 6.07) is 91.2. The predicted octanol–water partition coefficient (Wildman–Crippen LogP) is 18.3. The van der Waals surface area contributed by atoms with E-state index in [4.69, 9.17) is 4.42 Å². The van der Waals surface area contributed by atoms with Crippen molar-refractivity contribution >= 4 is 81.3 Å². The minimum absolute atomic E-state index is 0.511. The molecule has 0 saturated heterocycles. The van der Waals surface area contributed by atoms with Crippen LogP contribution in [0.25, 0.3) is 86.3 Å². The Hall–Kier alpha value is -8.50. The van der Waals surface area contributed by atoms with Gasteiger partial charge < -0.3 is 9.32 Å².